The van der Waals surface area contributed by atoms with E-state index in [1.165, 1.54) is 6.07 Å². The minimum atomic E-state index is -4.27. The molecule has 0 aliphatic rings. The molecule has 1 rings (SSSR count). The summed E-state index contributed by atoms with van der Waals surface area (Å²) in [5.41, 5.74) is -0.127. The van der Waals surface area contributed by atoms with E-state index in [9.17, 15) is 13.2 Å². The number of hydrogen-bond acceptors (Lipinski definition) is 1. The zero-order valence-corrected chi connectivity index (χ0v) is 9.25. The summed E-state index contributed by atoms with van der Waals surface area (Å²) in [5.74, 6) is 0. The summed E-state index contributed by atoms with van der Waals surface area (Å²) >= 11 is 0. The Kier molecular flexibility index (Phi) is 4.94. The van der Waals surface area contributed by atoms with Crippen molar-refractivity contribution in [3.63, 3.8) is 0 Å². The molecule has 0 atom stereocenters. The molecule has 15 heavy (non-hydrogen) atoms. The second-order valence-electron chi connectivity index (χ2n) is 3.38. The van der Waals surface area contributed by atoms with Crippen molar-refractivity contribution in [1.29, 1.82) is 0 Å². The number of rotatable bonds is 2. The monoisotopic (exact) mass is 239 g/mol. The summed E-state index contributed by atoms with van der Waals surface area (Å²) in [5, 5.41) is 2.92. The first kappa shape index (κ1) is 14.1. The smallest absolute Gasteiger partial charge is 0.383 e. The first-order valence-corrected chi connectivity index (χ1v) is 4.33. The minimum absolute atomic E-state index is 0. The topological polar surface area (TPSA) is 12.0 Å². The van der Waals surface area contributed by atoms with Crippen molar-refractivity contribution in [3.05, 3.63) is 29.8 Å². The lowest BCUT2D eigenvalue weighted by Crippen LogP contribution is -2.11. The second kappa shape index (κ2) is 5.26. The summed E-state index contributed by atoms with van der Waals surface area (Å²) in [4.78, 5) is 0. The van der Waals surface area contributed by atoms with E-state index in [2.05, 4.69) is 5.32 Å². The van der Waals surface area contributed by atoms with Crippen molar-refractivity contribution in [2.45, 2.75) is 26.1 Å². The molecule has 0 radical (unpaired) electrons. The van der Waals surface area contributed by atoms with Gasteiger partial charge in [-0.15, -0.1) is 12.4 Å². The highest BCUT2D eigenvalue weighted by molar-refractivity contribution is 5.85. The molecule has 1 aromatic rings. The van der Waals surface area contributed by atoms with Crippen LogP contribution in [0.25, 0.3) is 0 Å². The molecule has 0 unspecified atom stereocenters. The van der Waals surface area contributed by atoms with E-state index in [-0.39, 0.29) is 18.4 Å². The Balaban J connectivity index is 0.00000196. The minimum Gasteiger partial charge on any atom is -0.383 e. The molecule has 1 aromatic carbocycles. The third-order valence-corrected chi connectivity index (χ3v) is 1.65. The molecule has 0 amide bonds. The molecule has 0 bridgehead atoms. The third-order valence-electron chi connectivity index (χ3n) is 1.65. The van der Waals surface area contributed by atoms with Gasteiger partial charge in [0.05, 0.1) is 5.56 Å². The molecular formula is C10H13ClF3N. The molecule has 0 fully saturated rings. The molecule has 0 aliphatic heterocycles. The zero-order valence-electron chi connectivity index (χ0n) is 8.43. The number of hydrogen-bond donors (Lipinski definition) is 1. The lowest BCUT2D eigenvalue weighted by Gasteiger charge is -2.12. The second-order valence-corrected chi connectivity index (χ2v) is 3.38. The zero-order chi connectivity index (χ0) is 10.8. The Hall–Kier alpha value is -0.900. The van der Waals surface area contributed by atoms with E-state index in [0.717, 1.165) is 12.1 Å². The standard InChI is InChI=1S/C10H12F3N.ClH/c1-7(2)14-9-5-3-4-8(6-9)10(11,12)13;/h3-7,14H,1-2H3;1H. The molecule has 0 saturated carbocycles. The van der Waals surface area contributed by atoms with E-state index in [1.807, 2.05) is 13.8 Å². The van der Waals surface area contributed by atoms with Crippen LogP contribution < -0.4 is 5.32 Å². The van der Waals surface area contributed by atoms with E-state index in [4.69, 9.17) is 0 Å². The fourth-order valence-electron chi connectivity index (χ4n) is 1.12. The number of nitrogens with one attached hydrogen (secondary N) is 1. The average molecular weight is 240 g/mol. The molecule has 1 N–H and O–H groups in total. The maximum absolute atomic E-state index is 12.3. The van der Waals surface area contributed by atoms with E-state index in [1.54, 1.807) is 6.07 Å². The van der Waals surface area contributed by atoms with Crippen LogP contribution in [0.5, 0.6) is 0 Å². The molecule has 0 aromatic heterocycles. The maximum Gasteiger partial charge on any atom is 0.416 e. The number of anilines is 1. The highest BCUT2D eigenvalue weighted by atomic mass is 35.5. The molecule has 0 saturated heterocycles. The fourth-order valence-corrected chi connectivity index (χ4v) is 1.12. The van der Waals surface area contributed by atoms with Crippen LogP contribution in [0, 0.1) is 0 Å². The third kappa shape index (κ3) is 4.42. The summed E-state index contributed by atoms with van der Waals surface area (Å²) < 4.78 is 36.8. The van der Waals surface area contributed by atoms with Gasteiger partial charge < -0.3 is 5.32 Å². The van der Waals surface area contributed by atoms with Gasteiger partial charge in [0.15, 0.2) is 0 Å². The highest BCUT2D eigenvalue weighted by Crippen LogP contribution is 2.30. The number of benzene rings is 1. The quantitative estimate of drug-likeness (QED) is 0.824. The van der Waals surface area contributed by atoms with Crippen LogP contribution in [0.15, 0.2) is 24.3 Å². The fraction of sp³-hybridized carbons (Fsp3) is 0.400. The SMILES string of the molecule is CC(C)Nc1cccc(C(F)(F)F)c1.Cl. The molecule has 5 heteroatoms. The van der Waals surface area contributed by atoms with Gasteiger partial charge in [-0.2, -0.15) is 13.2 Å². The Morgan fingerprint density at radius 1 is 1.20 bits per heavy atom. The Morgan fingerprint density at radius 2 is 1.80 bits per heavy atom. The number of alkyl halides is 3. The van der Waals surface area contributed by atoms with Gasteiger partial charge in [0.25, 0.3) is 0 Å². The van der Waals surface area contributed by atoms with Crippen LogP contribution in [0.2, 0.25) is 0 Å². The highest BCUT2D eigenvalue weighted by Gasteiger charge is 2.30. The lowest BCUT2D eigenvalue weighted by atomic mass is 10.2. The van der Waals surface area contributed by atoms with Crippen molar-refractivity contribution >= 4 is 18.1 Å². The first-order chi connectivity index (χ1) is 6.39. The van der Waals surface area contributed by atoms with Crippen LogP contribution in [0.4, 0.5) is 18.9 Å². The molecular weight excluding hydrogens is 227 g/mol. The van der Waals surface area contributed by atoms with Crippen LogP contribution in [-0.2, 0) is 6.18 Å². The van der Waals surface area contributed by atoms with Gasteiger partial charge in [-0.25, -0.2) is 0 Å². The van der Waals surface area contributed by atoms with E-state index < -0.39 is 11.7 Å². The molecule has 0 heterocycles. The lowest BCUT2D eigenvalue weighted by molar-refractivity contribution is -0.137. The summed E-state index contributed by atoms with van der Waals surface area (Å²) in [6.45, 7) is 3.75. The molecule has 0 aliphatic carbocycles. The van der Waals surface area contributed by atoms with Crippen molar-refractivity contribution in [1.82, 2.24) is 0 Å². The Labute approximate surface area is 93.1 Å². The normalized spacial score (nSPS) is 11.1. The van der Waals surface area contributed by atoms with Crippen LogP contribution >= 0.6 is 12.4 Å². The van der Waals surface area contributed by atoms with Gasteiger partial charge in [-0.1, -0.05) is 6.07 Å². The first-order valence-electron chi connectivity index (χ1n) is 4.33. The maximum atomic E-state index is 12.3. The molecule has 86 valence electrons. The van der Waals surface area contributed by atoms with Gasteiger partial charge in [0.1, 0.15) is 0 Å². The largest absolute Gasteiger partial charge is 0.416 e. The van der Waals surface area contributed by atoms with Gasteiger partial charge in [-0.05, 0) is 32.0 Å². The van der Waals surface area contributed by atoms with Gasteiger partial charge >= 0.3 is 6.18 Å². The van der Waals surface area contributed by atoms with Crippen molar-refractivity contribution in [2.24, 2.45) is 0 Å². The van der Waals surface area contributed by atoms with Crippen LogP contribution in [-0.4, -0.2) is 6.04 Å². The van der Waals surface area contributed by atoms with Crippen LogP contribution in [0.3, 0.4) is 0 Å². The summed E-state index contributed by atoms with van der Waals surface area (Å²) in [7, 11) is 0. The van der Waals surface area contributed by atoms with E-state index >= 15 is 0 Å². The van der Waals surface area contributed by atoms with Crippen molar-refractivity contribution in [3.8, 4) is 0 Å². The van der Waals surface area contributed by atoms with Gasteiger partial charge in [0.2, 0.25) is 0 Å². The molecule has 1 nitrogen and oxygen atoms in total. The summed E-state index contributed by atoms with van der Waals surface area (Å²) in [6.07, 6.45) is -4.27. The molecule has 0 spiro atoms. The average Bonchev–Trinajstić information content (AvgIpc) is 2.01. The van der Waals surface area contributed by atoms with E-state index in [0.29, 0.717) is 5.69 Å². The van der Waals surface area contributed by atoms with Crippen LogP contribution in [0.1, 0.15) is 19.4 Å². The van der Waals surface area contributed by atoms with Gasteiger partial charge in [-0.3, -0.25) is 0 Å². The van der Waals surface area contributed by atoms with Gasteiger partial charge in [0, 0.05) is 11.7 Å². The predicted molar refractivity (Wildman–Crippen MR) is 57.5 cm³/mol. The summed E-state index contributed by atoms with van der Waals surface area (Å²) in [6, 6.07) is 5.31. The van der Waals surface area contributed by atoms with Crippen molar-refractivity contribution < 1.29 is 13.2 Å². The number of halogens is 4. The predicted octanol–water partition coefficient (Wildman–Crippen LogP) is 3.95. The van der Waals surface area contributed by atoms with Crippen molar-refractivity contribution in [2.75, 3.05) is 5.32 Å². The Bertz CT molecular complexity index is 310. The Morgan fingerprint density at radius 3 is 2.27 bits per heavy atom.